The Bertz CT molecular complexity index is 912. The van der Waals surface area contributed by atoms with Crippen molar-refractivity contribution in [2.45, 2.75) is 19.5 Å². The van der Waals surface area contributed by atoms with Crippen LogP contribution in [-0.2, 0) is 15.8 Å². The quantitative estimate of drug-likeness (QED) is 0.679. The molecule has 0 saturated heterocycles. The van der Waals surface area contributed by atoms with Crippen molar-refractivity contribution in [3.63, 3.8) is 0 Å². The second-order valence-corrected chi connectivity index (χ2v) is 5.85. The van der Waals surface area contributed by atoms with Crippen LogP contribution >= 0.6 is 11.6 Å². The first kappa shape index (κ1) is 21.2. The summed E-state index contributed by atoms with van der Waals surface area (Å²) in [5.41, 5.74) is -0.846. The lowest BCUT2D eigenvalue weighted by molar-refractivity contribution is -0.138. The van der Waals surface area contributed by atoms with Gasteiger partial charge in [0.25, 0.3) is 0 Å². The summed E-state index contributed by atoms with van der Waals surface area (Å²) in [5.74, 6) is -1.74. The number of carboxylic acid groups (broad SMARTS) is 1. The summed E-state index contributed by atoms with van der Waals surface area (Å²) >= 11 is 5.78. The molecule has 0 aliphatic heterocycles. The Balaban J connectivity index is 2.17. The Labute approximate surface area is 162 Å². The molecule has 0 aliphatic carbocycles. The Morgan fingerprint density at radius 2 is 1.93 bits per heavy atom. The molecule has 0 radical (unpaired) electrons. The number of nitrogens with zero attached hydrogens (tertiary/aromatic N) is 1. The average molecular weight is 415 g/mol. The zero-order chi connectivity index (χ0) is 20.9. The third kappa shape index (κ3) is 5.71. The van der Waals surface area contributed by atoms with Gasteiger partial charge in [-0.2, -0.15) is 13.2 Å². The Hall–Kier alpha value is -3.07. The molecule has 2 rings (SSSR count). The van der Waals surface area contributed by atoms with Gasteiger partial charge in [-0.3, -0.25) is 4.79 Å². The number of pyridine rings is 1. The van der Waals surface area contributed by atoms with Crippen LogP contribution in [0.2, 0.25) is 5.02 Å². The third-order valence-corrected chi connectivity index (χ3v) is 3.64. The zero-order valence-corrected chi connectivity index (χ0v) is 15.1. The highest BCUT2D eigenvalue weighted by Gasteiger charge is 2.31. The van der Waals surface area contributed by atoms with Crippen molar-refractivity contribution in [3.05, 3.63) is 58.4 Å². The summed E-state index contributed by atoms with van der Waals surface area (Å²) in [6.07, 6.45) is -2.59. The van der Waals surface area contributed by atoms with Crippen LogP contribution in [0, 0.1) is 0 Å². The summed E-state index contributed by atoms with van der Waals surface area (Å²) in [6, 6.07) is 6.59. The Morgan fingerprint density at radius 3 is 2.43 bits per heavy atom. The molecule has 148 valence electrons. The van der Waals surface area contributed by atoms with Crippen LogP contribution in [0.3, 0.4) is 0 Å². The highest BCUT2D eigenvalue weighted by atomic mass is 35.5. The van der Waals surface area contributed by atoms with Crippen molar-refractivity contribution >= 4 is 29.6 Å². The second-order valence-electron chi connectivity index (χ2n) is 5.44. The van der Waals surface area contributed by atoms with Crippen molar-refractivity contribution in [2.75, 3.05) is 0 Å². The fourth-order valence-electron chi connectivity index (χ4n) is 1.96. The predicted molar refractivity (Wildman–Crippen MR) is 94.8 cm³/mol. The van der Waals surface area contributed by atoms with Gasteiger partial charge in [0.1, 0.15) is 16.5 Å². The van der Waals surface area contributed by atoms with Gasteiger partial charge in [-0.15, -0.1) is 0 Å². The van der Waals surface area contributed by atoms with E-state index in [0.717, 1.165) is 0 Å². The molecule has 1 amide bonds. The maximum atomic E-state index is 12.6. The predicted octanol–water partition coefficient (Wildman–Crippen LogP) is 4.50. The van der Waals surface area contributed by atoms with Crippen LogP contribution in [0.1, 0.15) is 24.5 Å². The van der Waals surface area contributed by atoms with Gasteiger partial charge >= 0.3 is 12.1 Å². The summed E-state index contributed by atoms with van der Waals surface area (Å²) in [6.45, 7) is 1.58. The summed E-state index contributed by atoms with van der Waals surface area (Å²) in [7, 11) is 0. The molecule has 0 atom stereocenters. The van der Waals surface area contributed by atoms with Crippen molar-refractivity contribution in [3.8, 4) is 11.6 Å². The van der Waals surface area contributed by atoms with Gasteiger partial charge in [-0.1, -0.05) is 30.7 Å². The topological polar surface area (TPSA) is 88.5 Å². The zero-order valence-electron chi connectivity index (χ0n) is 14.4. The molecule has 0 spiro atoms. The smallest absolute Gasteiger partial charge is 0.417 e. The highest BCUT2D eigenvalue weighted by Crippen LogP contribution is 2.34. The molecule has 1 aromatic heterocycles. The van der Waals surface area contributed by atoms with E-state index in [9.17, 15) is 22.8 Å². The van der Waals surface area contributed by atoms with E-state index in [1.807, 2.05) is 0 Å². The lowest BCUT2D eigenvalue weighted by Crippen LogP contribution is -2.26. The summed E-state index contributed by atoms with van der Waals surface area (Å²) in [4.78, 5) is 26.1. The molecule has 1 heterocycles. The van der Waals surface area contributed by atoms with Gasteiger partial charge in [0.15, 0.2) is 0 Å². The number of halogens is 4. The molecule has 0 bridgehead atoms. The monoisotopic (exact) mass is 414 g/mol. The number of benzene rings is 1. The number of rotatable bonds is 6. The largest absolute Gasteiger partial charge is 0.477 e. The Morgan fingerprint density at radius 1 is 1.29 bits per heavy atom. The van der Waals surface area contributed by atoms with Gasteiger partial charge < -0.3 is 15.2 Å². The number of alkyl halides is 3. The van der Waals surface area contributed by atoms with E-state index in [4.69, 9.17) is 21.4 Å². The molecule has 0 aliphatic rings. The minimum absolute atomic E-state index is 0.123. The molecular weight excluding hydrogens is 401 g/mol. The van der Waals surface area contributed by atoms with Crippen LogP contribution < -0.4 is 10.1 Å². The van der Waals surface area contributed by atoms with Crippen LogP contribution in [0.15, 0.2) is 42.2 Å². The first-order valence-corrected chi connectivity index (χ1v) is 8.23. The van der Waals surface area contributed by atoms with Crippen molar-refractivity contribution in [1.82, 2.24) is 10.3 Å². The number of nitrogens with one attached hydrogen (secondary N) is 1. The molecule has 0 saturated carbocycles. The molecule has 2 N–H and O–H groups in total. The molecule has 0 unspecified atom stereocenters. The maximum absolute atomic E-state index is 12.6. The van der Waals surface area contributed by atoms with Gasteiger partial charge in [0.2, 0.25) is 11.8 Å². The third-order valence-electron chi connectivity index (χ3n) is 3.37. The lowest BCUT2D eigenvalue weighted by atomic mass is 10.2. The van der Waals surface area contributed by atoms with Crippen LogP contribution in [0.5, 0.6) is 11.6 Å². The minimum Gasteiger partial charge on any atom is -0.477 e. The first-order chi connectivity index (χ1) is 13.1. The lowest BCUT2D eigenvalue weighted by Gasteiger charge is -2.10. The van der Waals surface area contributed by atoms with Crippen molar-refractivity contribution < 1.29 is 32.6 Å². The molecule has 2 aromatic rings. The maximum Gasteiger partial charge on any atom is 0.417 e. The number of carbonyl (C=O) groups is 2. The van der Waals surface area contributed by atoms with E-state index in [1.165, 1.54) is 30.3 Å². The molecule has 10 heteroatoms. The Kier molecular flexibility index (Phi) is 6.63. The van der Waals surface area contributed by atoms with Gasteiger partial charge in [-0.05, 0) is 29.8 Å². The van der Waals surface area contributed by atoms with Crippen LogP contribution in [-0.4, -0.2) is 22.0 Å². The molecule has 6 nitrogen and oxygen atoms in total. The number of amides is 1. The highest BCUT2D eigenvalue weighted by molar-refractivity contribution is 6.31. The van der Waals surface area contributed by atoms with E-state index in [2.05, 4.69) is 10.3 Å². The van der Waals surface area contributed by atoms with E-state index >= 15 is 0 Å². The van der Waals surface area contributed by atoms with Crippen LogP contribution in [0.25, 0.3) is 6.08 Å². The van der Waals surface area contributed by atoms with Crippen molar-refractivity contribution in [1.29, 1.82) is 0 Å². The molecule has 1 aromatic carbocycles. The van der Waals surface area contributed by atoms with E-state index in [0.29, 0.717) is 17.8 Å². The SMILES string of the molecule is CCC(=O)N/C(=C/c1ccc(Oc2ncc(C(F)(F)F)cc2Cl)cc1)C(=O)O. The standard InChI is InChI=1S/C18H14ClF3N2O4/c1-2-15(25)24-14(17(26)27)7-10-3-5-12(6-4-10)28-16-13(19)8-11(9-23-16)18(20,21)22/h3-9H,2H2,1H3,(H,24,25)(H,26,27)/b14-7+. The average Bonchev–Trinajstić information content (AvgIpc) is 2.63. The fourth-order valence-corrected chi connectivity index (χ4v) is 2.16. The molecular formula is C18H14ClF3N2O4. The summed E-state index contributed by atoms with van der Waals surface area (Å²) < 4.78 is 43.2. The van der Waals surface area contributed by atoms with Gasteiger partial charge in [0, 0.05) is 12.6 Å². The number of hydrogen-bond donors (Lipinski definition) is 2. The van der Waals surface area contributed by atoms with E-state index in [1.54, 1.807) is 6.92 Å². The van der Waals surface area contributed by atoms with E-state index in [-0.39, 0.29) is 28.8 Å². The second kappa shape index (κ2) is 8.75. The minimum atomic E-state index is -4.57. The van der Waals surface area contributed by atoms with E-state index < -0.39 is 23.6 Å². The number of aliphatic carboxylic acids is 1. The number of aromatic nitrogens is 1. The molecule has 0 fully saturated rings. The fraction of sp³-hybridized carbons (Fsp3) is 0.167. The van der Waals surface area contributed by atoms with Crippen molar-refractivity contribution in [2.24, 2.45) is 0 Å². The van der Waals surface area contributed by atoms with Crippen LogP contribution in [0.4, 0.5) is 13.2 Å². The normalized spacial score (nSPS) is 11.8. The number of carboxylic acids is 1. The molecule has 28 heavy (non-hydrogen) atoms. The number of hydrogen-bond acceptors (Lipinski definition) is 4. The summed E-state index contributed by atoms with van der Waals surface area (Å²) in [5, 5.41) is 11.1. The number of carbonyl (C=O) groups excluding carboxylic acids is 1. The van der Waals surface area contributed by atoms with Gasteiger partial charge in [0.05, 0.1) is 5.56 Å². The number of ether oxygens (including phenoxy) is 1. The van der Waals surface area contributed by atoms with Gasteiger partial charge in [-0.25, -0.2) is 9.78 Å². The first-order valence-electron chi connectivity index (χ1n) is 7.85.